The Morgan fingerprint density at radius 2 is 1.81 bits per heavy atom. The Labute approximate surface area is 149 Å². The van der Waals surface area contributed by atoms with E-state index in [4.69, 9.17) is 4.42 Å². The van der Waals surface area contributed by atoms with Crippen molar-refractivity contribution in [1.82, 2.24) is 5.32 Å². The third-order valence-corrected chi connectivity index (χ3v) is 6.50. The van der Waals surface area contributed by atoms with Gasteiger partial charge in [0.1, 0.15) is 5.76 Å². The van der Waals surface area contributed by atoms with Crippen molar-refractivity contribution in [3.8, 4) is 0 Å². The maximum absolute atomic E-state index is 12.8. The smallest absolute Gasteiger partial charge is 0.255 e. The largest absolute Gasteiger partial charge is 0.456 e. The van der Waals surface area contributed by atoms with Crippen LogP contribution in [0.3, 0.4) is 0 Å². The molecule has 0 bridgehead atoms. The molecule has 134 valence electrons. The van der Waals surface area contributed by atoms with Crippen molar-refractivity contribution in [2.45, 2.75) is 19.4 Å². The third kappa shape index (κ3) is 2.48. The van der Waals surface area contributed by atoms with Gasteiger partial charge in [0.15, 0.2) is 21.4 Å². The Bertz CT molecular complexity index is 1080. The number of carbonyl (C=O) groups excluding carboxylic acids is 3. The van der Waals surface area contributed by atoms with Gasteiger partial charge in [0.05, 0.1) is 22.6 Å². The van der Waals surface area contributed by atoms with Gasteiger partial charge in [0, 0.05) is 17.2 Å². The molecule has 1 saturated heterocycles. The first-order valence-electron chi connectivity index (χ1n) is 8.11. The van der Waals surface area contributed by atoms with Crippen molar-refractivity contribution in [1.29, 1.82) is 0 Å². The summed E-state index contributed by atoms with van der Waals surface area (Å²) in [5, 5.41) is 2.65. The lowest BCUT2D eigenvalue weighted by Gasteiger charge is -2.15. The molecule has 4 rings (SSSR count). The molecule has 0 saturated carbocycles. The van der Waals surface area contributed by atoms with Crippen molar-refractivity contribution in [3.05, 3.63) is 58.0 Å². The van der Waals surface area contributed by atoms with Gasteiger partial charge in [-0.3, -0.25) is 14.4 Å². The highest BCUT2D eigenvalue weighted by Gasteiger charge is 2.39. The van der Waals surface area contributed by atoms with Gasteiger partial charge in [0.2, 0.25) is 5.78 Å². The molecule has 1 aromatic heterocycles. The lowest BCUT2D eigenvalue weighted by molar-refractivity contribution is 0.0928. The molecule has 1 aromatic carbocycles. The highest BCUT2D eigenvalue weighted by atomic mass is 32.2. The second-order valence-electron chi connectivity index (χ2n) is 6.51. The summed E-state index contributed by atoms with van der Waals surface area (Å²) in [4.78, 5) is 38.2. The highest BCUT2D eigenvalue weighted by molar-refractivity contribution is 7.91. The van der Waals surface area contributed by atoms with E-state index in [-0.39, 0.29) is 45.3 Å². The number of furan rings is 1. The van der Waals surface area contributed by atoms with E-state index in [0.29, 0.717) is 6.42 Å². The van der Waals surface area contributed by atoms with E-state index in [2.05, 4.69) is 5.32 Å². The number of rotatable bonds is 2. The second kappa shape index (κ2) is 5.63. The summed E-state index contributed by atoms with van der Waals surface area (Å²) in [6.07, 6.45) is 0.322. The second-order valence-corrected chi connectivity index (χ2v) is 8.74. The maximum atomic E-state index is 12.8. The van der Waals surface area contributed by atoms with Crippen molar-refractivity contribution >= 4 is 27.3 Å². The summed E-state index contributed by atoms with van der Waals surface area (Å²) in [7, 11) is -3.16. The Morgan fingerprint density at radius 1 is 1.15 bits per heavy atom. The molecule has 0 spiro atoms. The molecule has 0 radical (unpaired) electrons. The molecule has 2 aromatic rings. The number of ketones is 2. The minimum atomic E-state index is -3.16. The van der Waals surface area contributed by atoms with E-state index in [1.54, 1.807) is 18.2 Å². The fraction of sp³-hybridized carbons (Fsp3) is 0.278. The number of benzene rings is 1. The molecule has 1 aliphatic carbocycles. The average molecular weight is 373 g/mol. The summed E-state index contributed by atoms with van der Waals surface area (Å²) < 4.78 is 28.6. The molecule has 8 heteroatoms. The molecule has 7 nitrogen and oxygen atoms in total. The zero-order chi connectivity index (χ0) is 18.6. The monoisotopic (exact) mass is 373 g/mol. The fourth-order valence-electron chi connectivity index (χ4n) is 3.50. The van der Waals surface area contributed by atoms with Crippen LogP contribution in [-0.2, 0) is 9.84 Å². The van der Waals surface area contributed by atoms with Gasteiger partial charge in [-0.25, -0.2) is 8.42 Å². The number of nitrogens with one attached hydrogen (secondary N) is 1. The fourth-order valence-corrected chi connectivity index (χ4v) is 5.17. The Morgan fingerprint density at radius 3 is 2.42 bits per heavy atom. The Hall–Kier alpha value is -2.74. The average Bonchev–Trinajstić information content (AvgIpc) is 3.12. The minimum absolute atomic E-state index is 0.00264. The number of hydrogen-bond acceptors (Lipinski definition) is 6. The van der Waals surface area contributed by atoms with Crippen LogP contribution in [0, 0.1) is 6.92 Å². The summed E-state index contributed by atoms with van der Waals surface area (Å²) in [6.45, 7) is 1.50. The van der Waals surface area contributed by atoms with Crippen LogP contribution in [0.25, 0.3) is 0 Å². The van der Waals surface area contributed by atoms with Crippen LogP contribution < -0.4 is 5.32 Å². The summed E-state index contributed by atoms with van der Waals surface area (Å²) >= 11 is 0. The maximum Gasteiger partial charge on any atom is 0.255 e. The number of carbonyl (C=O) groups is 3. The first-order valence-corrected chi connectivity index (χ1v) is 9.94. The van der Waals surface area contributed by atoms with Gasteiger partial charge < -0.3 is 9.73 Å². The lowest BCUT2D eigenvalue weighted by Crippen LogP contribution is -2.36. The Kier molecular flexibility index (Phi) is 3.62. The topological polar surface area (TPSA) is 111 Å². The summed E-state index contributed by atoms with van der Waals surface area (Å²) in [5.41, 5.74) is 0.414. The van der Waals surface area contributed by atoms with E-state index >= 15 is 0 Å². The quantitative estimate of drug-likeness (QED) is 0.724. The first-order chi connectivity index (χ1) is 12.3. The summed E-state index contributed by atoms with van der Waals surface area (Å²) in [5.74, 6) is -1.59. The molecular weight excluding hydrogens is 358 g/mol. The van der Waals surface area contributed by atoms with E-state index in [1.807, 2.05) is 0 Å². The zero-order valence-corrected chi connectivity index (χ0v) is 14.7. The van der Waals surface area contributed by atoms with Gasteiger partial charge in [-0.1, -0.05) is 24.3 Å². The minimum Gasteiger partial charge on any atom is -0.456 e. The van der Waals surface area contributed by atoms with Crippen molar-refractivity contribution in [2.75, 3.05) is 11.5 Å². The van der Waals surface area contributed by atoms with Crippen LogP contribution in [0.2, 0.25) is 0 Å². The predicted octanol–water partition coefficient (Wildman–Crippen LogP) is 1.28. The van der Waals surface area contributed by atoms with Crippen molar-refractivity contribution in [3.63, 3.8) is 0 Å². The third-order valence-electron chi connectivity index (χ3n) is 4.73. The molecule has 0 unspecified atom stereocenters. The number of fused-ring (bicyclic) bond motifs is 2. The van der Waals surface area contributed by atoms with Crippen molar-refractivity contribution in [2.24, 2.45) is 0 Å². The van der Waals surface area contributed by atoms with Gasteiger partial charge in [-0.15, -0.1) is 0 Å². The molecule has 1 aliphatic heterocycles. The molecule has 26 heavy (non-hydrogen) atoms. The molecular formula is C18H15NO6S. The van der Waals surface area contributed by atoms with E-state index < -0.39 is 33.4 Å². The molecule has 1 atom stereocenters. The standard InChI is InChI=1S/C18H15NO6S/c1-9-13(18(22)19-10-6-7-26(23,24)8-10)14-15(20)11-4-2-3-5-12(11)16(21)17(14)25-9/h2-5,10H,6-8H2,1H3,(H,19,22)/t10-/m1/s1. The molecule has 2 heterocycles. The van der Waals surface area contributed by atoms with Crippen LogP contribution in [0.4, 0.5) is 0 Å². The highest BCUT2D eigenvalue weighted by Crippen LogP contribution is 2.33. The van der Waals surface area contributed by atoms with Crippen LogP contribution in [0.15, 0.2) is 28.7 Å². The summed E-state index contributed by atoms with van der Waals surface area (Å²) in [6, 6.07) is 5.86. The predicted molar refractivity (Wildman–Crippen MR) is 91.3 cm³/mol. The number of aryl methyl sites for hydroxylation is 1. The van der Waals surface area contributed by atoms with E-state index in [9.17, 15) is 22.8 Å². The molecule has 2 aliphatic rings. The molecule has 1 fully saturated rings. The van der Waals surface area contributed by atoms with E-state index in [1.165, 1.54) is 13.0 Å². The van der Waals surface area contributed by atoms with Crippen molar-refractivity contribution < 1.29 is 27.2 Å². The Balaban J connectivity index is 1.74. The normalized spacial score (nSPS) is 20.6. The van der Waals surface area contributed by atoms with Gasteiger partial charge in [-0.2, -0.15) is 0 Å². The first kappa shape index (κ1) is 16.7. The van der Waals surface area contributed by atoms with E-state index in [0.717, 1.165) is 0 Å². The van der Waals surface area contributed by atoms with Gasteiger partial charge >= 0.3 is 0 Å². The van der Waals surface area contributed by atoms with Crippen LogP contribution in [-0.4, -0.2) is 43.4 Å². The molecule has 1 amide bonds. The number of amides is 1. The molecule has 1 N–H and O–H groups in total. The number of hydrogen-bond donors (Lipinski definition) is 1. The zero-order valence-electron chi connectivity index (χ0n) is 13.9. The van der Waals surface area contributed by atoms with Gasteiger partial charge in [0.25, 0.3) is 5.91 Å². The van der Waals surface area contributed by atoms with Crippen LogP contribution in [0.1, 0.15) is 54.6 Å². The lowest BCUT2D eigenvalue weighted by atomic mass is 9.86. The van der Waals surface area contributed by atoms with Crippen LogP contribution >= 0.6 is 0 Å². The van der Waals surface area contributed by atoms with Crippen LogP contribution in [0.5, 0.6) is 0 Å². The number of sulfone groups is 1. The SMILES string of the molecule is Cc1oc2c(c1C(=O)N[C@@H]1CCS(=O)(=O)C1)C(=O)c1ccccc1C2=O. The van der Waals surface area contributed by atoms with Gasteiger partial charge in [-0.05, 0) is 13.3 Å².